The summed E-state index contributed by atoms with van der Waals surface area (Å²) in [6.07, 6.45) is 0. The van der Waals surface area contributed by atoms with E-state index in [0.29, 0.717) is 0 Å². The van der Waals surface area contributed by atoms with Crippen molar-refractivity contribution >= 4 is 11.6 Å². The number of hydrogen-bond acceptors (Lipinski definition) is 1. The molecule has 0 aliphatic carbocycles. The Morgan fingerprint density at radius 3 is 2.38 bits per heavy atom. The molecule has 0 fully saturated rings. The van der Waals surface area contributed by atoms with Gasteiger partial charge in [0.2, 0.25) is 5.91 Å². The number of benzene rings is 1. The molecule has 64 valence electrons. The van der Waals surface area contributed by atoms with E-state index < -0.39 is 0 Å². The van der Waals surface area contributed by atoms with Crippen LogP contribution in [0, 0.1) is 12.0 Å². The summed E-state index contributed by atoms with van der Waals surface area (Å²) < 4.78 is 0. The molecule has 0 heterocycles. The molecule has 0 saturated heterocycles. The van der Waals surface area contributed by atoms with Gasteiger partial charge in [-0.15, -0.1) is 12.1 Å². The van der Waals surface area contributed by atoms with Crippen LogP contribution in [-0.4, -0.2) is 5.91 Å². The summed E-state index contributed by atoms with van der Waals surface area (Å²) in [4.78, 5) is 11.2. The van der Waals surface area contributed by atoms with Crippen LogP contribution in [0.15, 0.2) is 24.3 Å². The molecule has 1 rings (SSSR count). The van der Waals surface area contributed by atoms with Crippen molar-refractivity contribution in [3.63, 3.8) is 0 Å². The van der Waals surface area contributed by atoms with Crippen molar-refractivity contribution in [3.8, 4) is 0 Å². The summed E-state index contributed by atoms with van der Waals surface area (Å²) in [6, 6.07) is 10.1. The fourth-order valence-corrected chi connectivity index (χ4v) is 0.757. The van der Waals surface area contributed by atoms with Crippen LogP contribution in [0.4, 0.5) is 5.69 Å². The van der Waals surface area contributed by atoms with E-state index in [9.17, 15) is 4.79 Å². The van der Waals surface area contributed by atoms with Gasteiger partial charge in [-0.2, -0.15) is 18.2 Å². The second-order valence-corrected chi connectivity index (χ2v) is 2.93. The Hall–Kier alpha value is 0.495. The molecule has 13 heavy (non-hydrogen) atoms. The van der Waals surface area contributed by atoms with Crippen molar-refractivity contribution in [2.45, 2.75) is 13.8 Å². The summed E-state index contributed by atoms with van der Waals surface area (Å²) in [6.45, 7) is 3.73. The Morgan fingerprint density at radius 1 is 1.38 bits per heavy atom. The molecule has 1 amide bonds. The predicted octanol–water partition coefficient (Wildman–Crippen LogP) is -0.915. The summed E-state index contributed by atoms with van der Waals surface area (Å²) >= 11 is 0. The Morgan fingerprint density at radius 2 is 1.92 bits per heavy atom. The summed E-state index contributed by atoms with van der Waals surface area (Å²) in [5, 5.41) is 2.78. The molecule has 0 unspecified atom stereocenters. The van der Waals surface area contributed by atoms with Crippen LogP contribution in [0.3, 0.4) is 0 Å². The monoisotopic (exact) mass is 247 g/mol. The van der Waals surface area contributed by atoms with E-state index in [-0.39, 0.29) is 70.0 Å². The van der Waals surface area contributed by atoms with Gasteiger partial charge in [0, 0.05) is 5.92 Å². The Labute approximate surface area is 128 Å². The van der Waals surface area contributed by atoms with Crippen molar-refractivity contribution in [2.75, 3.05) is 5.32 Å². The second kappa shape index (κ2) is 6.88. The molecule has 1 aromatic rings. The van der Waals surface area contributed by atoms with Gasteiger partial charge in [0.05, 0.1) is 0 Å². The normalized spacial score (nSPS) is 9.15. The standard InChI is InChI=1S/C10H12NO.Rb/c1-8(2)10(12)11-9-6-4-3-5-7-9;/h4-8H,1-2H3,(H,11,12);/q-1;+1. The third-order valence-corrected chi connectivity index (χ3v) is 1.51. The van der Waals surface area contributed by atoms with E-state index in [1.165, 1.54) is 0 Å². The van der Waals surface area contributed by atoms with Gasteiger partial charge in [-0.1, -0.05) is 19.5 Å². The Kier molecular flexibility index (Phi) is 7.14. The molecule has 0 aromatic heterocycles. The zero-order valence-corrected chi connectivity index (χ0v) is 13.2. The van der Waals surface area contributed by atoms with Crippen LogP contribution in [0.1, 0.15) is 13.8 Å². The maximum Gasteiger partial charge on any atom is 1.00 e. The molecule has 1 aromatic carbocycles. The first-order valence-electron chi connectivity index (χ1n) is 3.97. The Bertz CT molecular complexity index is 259. The van der Waals surface area contributed by atoms with E-state index in [1.54, 1.807) is 12.1 Å². The summed E-state index contributed by atoms with van der Waals surface area (Å²) in [5.41, 5.74) is 0.826. The molecule has 0 aliphatic heterocycles. The van der Waals surface area contributed by atoms with Gasteiger partial charge in [0.1, 0.15) is 0 Å². The fraction of sp³-hybridized carbons (Fsp3) is 0.300. The van der Waals surface area contributed by atoms with Gasteiger partial charge in [-0.3, -0.25) is 4.79 Å². The average molecular weight is 248 g/mol. The van der Waals surface area contributed by atoms with Gasteiger partial charge in [-0.25, -0.2) is 0 Å². The van der Waals surface area contributed by atoms with E-state index >= 15 is 0 Å². The quantitative estimate of drug-likeness (QED) is 0.674. The average Bonchev–Trinajstić information content (AvgIpc) is 2.06. The largest absolute Gasteiger partial charge is 1.00 e. The van der Waals surface area contributed by atoms with Crippen LogP contribution in [-0.2, 0) is 4.79 Å². The molecule has 0 saturated carbocycles. The third kappa shape index (κ3) is 5.06. The molecule has 0 atom stereocenters. The van der Waals surface area contributed by atoms with Crippen LogP contribution >= 0.6 is 0 Å². The SMILES string of the molecule is CC(C)C(=O)Nc1cc[c-]cc1.[Rb+]. The van der Waals surface area contributed by atoms with Gasteiger partial charge in [0.15, 0.2) is 0 Å². The minimum Gasteiger partial charge on any atom is -0.349 e. The van der Waals surface area contributed by atoms with Crippen molar-refractivity contribution in [3.05, 3.63) is 30.3 Å². The zero-order chi connectivity index (χ0) is 8.97. The van der Waals surface area contributed by atoms with Crippen LogP contribution in [0.25, 0.3) is 0 Å². The molecule has 3 heteroatoms. The first-order valence-corrected chi connectivity index (χ1v) is 3.97. The van der Waals surface area contributed by atoms with E-state index in [4.69, 9.17) is 0 Å². The fourth-order valence-electron chi connectivity index (χ4n) is 0.757. The van der Waals surface area contributed by atoms with Crippen molar-refractivity contribution < 1.29 is 63.0 Å². The second-order valence-electron chi connectivity index (χ2n) is 2.93. The summed E-state index contributed by atoms with van der Waals surface area (Å²) in [7, 11) is 0. The summed E-state index contributed by atoms with van der Waals surface area (Å²) in [5.74, 6) is 0.0652. The molecule has 0 aliphatic rings. The van der Waals surface area contributed by atoms with Crippen molar-refractivity contribution in [1.29, 1.82) is 0 Å². The zero-order valence-electron chi connectivity index (χ0n) is 8.29. The predicted molar refractivity (Wildman–Crippen MR) is 48.7 cm³/mol. The number of carbonyl (C=O) groups is 1. The van der Waals surface area contributed by atoms with Crippen LogP contribution in [0.2, 0.25) is 0 Å². The first-order chi connectivity index (χ1) is 5.70. The Balaban J connectivity index is 0.00000144. The molecular formula is C10H12NORb. The number of rotatable bonds is 2. The number of nitrogens with one attached hydrogen (secondary N) is 1. The van der Waals surface area contributed by atoms with Crippen LogP contribution in [0.5, 0.6) is 0 Å². The first kappa shape index (κ1) is 13.5. The third-order valence-electron chi connectivity index (χ3n) is 1.51. The number of amides is 1. The van der Waals surface area contributed by atoms with Gasteiger partial charge in [0.25, 0.3) is 0 Å². The minimum atomic E-state index is 0. The molecule has 0 radical (unpaired) electrons. The maximum absolute atomic E-state index is 11.2. The van der Waals surface area contributed by atoms with Gasteiger partial charge < -0.3 is 5.32 Å². The van der Waals surface area contributed by atoms with E-state index in [1.807, 2.05) is 26.0 Å². The van der Waals surface area contributed by atoms with Crippen molar-refractivity contribution in [1.82, 2.24) is 0 Å². The number of hydrogen-bond donors (Lipinski definition) is 1. The molecule has 0 bridgehead atoms. The van der Waals surface area contributed by atoms with Crippen molar-refractivity contribution in [2.24, 2.45) is 5.92 Å². The number of carbonyl (C=O) groups excluding carboxylic acids is 1. The minimum absolute atomic E-state index is 0. The molecule has 2 nitrogen and oxygen atoms in total. The van der Waals surface area contributed by atoms with Gasteiger partial charge in [-0.05, 0) is 0 Å². The molecular weight excluding hydrogens is 236 g/mol. The molecule has 0 spiro atoms. The topological polar surface area (TPSA) is 29.1 Å². The van der Waals surface area contributed by atoms with Gasteiger partial charge >= 0.3 is 58.2 Å². The smallest absolute Gasteiger partial charge is 0.349 e. The maximum atomic E-state index is 11.2. The van der Waals surface area contributed by atoms with Crippen LogP contribution < -0.4 is 63.5 Å². The number of anilines is 1. The van der Waals surface area contributed by atoms with E-state index in [2.05, 4.69) is 11.4 Å². The van der Waals surface area contributed by atoms with E-state index in [0.717, 1.165) is 5.69 Å². The molecule has 1 N–H and O–H groups in total.